The zero-order valence-electron chi connectivity index (χ0n) is 14.8. The van der Waals surface area contributed by atoms with Crippen molar-refractivity contribution in [3.8, 4) is 0 Å². The van der Waals surface area contributed by atoms with Crippen molar-refractivity contribution in [1.29, 1.82) is 0 Å². The average Bonchev–Trinajstić information content (AvgIpc) is 2.64. The van der Waals surface area contributed by atoms with Crippen LogP contribution in [0.2, 0.25) is 0 Å². The zero-order valence-corrected chi connectivity index (χ0v) is 14.8. The first-order valence-electron chi connectivity index (χ1n) is 8.39. The molecule has 1 heterocycles. The van der Waals surface area contributed by atoms with Crippen molar-refractivity contribution in [2.75, 3.05) is 10.6 Å². The highest BCUT2D eigenvalue weighted by Gasteiger charge is 2.12. The number of halogens is 2. The lowest BCUT2D eigenvalue weighted by Gasteiger charge is -2.09. The summed E-state index contributed by atoms with van der Waals surface area (Å²) in [6.45, 7) is 4.22. The van der Waals surface area contributed by atoms with Gasteiger partial charge in [0, 0.05) is 18.0 Å². The number of amides is 1. The topological polar surface area (TPSA) is 66.9 Å². The molecule has 0 saturated carbocycles. The van der Waals surface area contributed by atoms with Crippen LogP contribution < -0.4 is 10.6 Å². The van der Waals surface area contributed by atoms with Gasteiger partial charge in [-0.25, -0.2) is 18.7 Å². The zero-order chi connectivity index (χ0) is 19.4. The van der Waals surface area contributed by atoms with E-state index in [1.54, 1.807) is 0 Å². The molecule has 7 heteroatoms. The fourth-order valence-electron chi connectivity index (χ4n) is 2.40. The van der Waals surface area contributed by atoms with Crippen LogP contribution in [-0.2, 0) is 0 Å². The summed E-state index contributed by atoms with van der Waals surface area (Å²) in [5.41, 5.74) is 1.91. The molecule has 1 aromatic heterocycles. The summed E-state index contributed by atoms with van der Waals surface area (Å²) in [5.74, 6) is -1.54. The van der Waals surface area contributed by atoms with Gasteiger partial charge in [-0.2, -0.15) is 0 Å². The maximum atomic E-state index is 13.7. The Morgan fingerprint density at radius 3 is 2.44 bits per heavy atom. The van der Waals surface area contributed by atoms with Gasteiger partial charge in [-0.3, -0.25) is 4.79 Å². The van der Waals surface area contributed by atoms with Gasteiger partial charge in [0.1, 0.15) is 17.3 Å². The molecule has 0 aliphatic carbocycles. The van der Waals surface area contributed by atoms with Gasteiger partial charge in [0.2, 0.25) is 5.95 Å². The number of nitrogens with zero attached hydrogens (tertiary/aromatic N) is 2. The van der Waals surface area contributed by atoms with Crippen LogP contribution in [0.5, 0.6) is 0 Å². The first-order chi connectivity index (χ1) is 12.9. The SMILES string of the molecule is CC(C)c1ccc(Nc2nccc(C(=O)Nc3ccc(F)cc3F)n2)cc1. The molecule has 0 unspecified atom stereocenters. The third kappa shape index (κ3) is 4.63. The van der Waals surface area contributed by atoms with E-state index in [-0.39, 0.29) is 17.3 Å². The Hall–Kier alpha value is -3.35. The Balaban J connectivity index is 1.73. The molecule has 0 spiro atoms. The second kappa shape index (κ2) is 7.90. The highest BCUT2D eigenvalue weighted by molar-refractivity contribution is 6.03. The fraction of sp³-hybridized carbons (Fsp3) is 0.150. The van der Waals surface area contributed by atoms with E-state index in [1.807, 2.05) is 24.3 Å². The van der Waals surface area contributed by atoms with Crippen molar-refractivity contribution in [1.82, 2.24) is 9.97 Å². The summed E-state index contributed by atoms with van der Waals surface area (Å²) in [4.78, 5) is 20.5. The van der Waals surface area contributed by atoms with Gasteiger partial charge in [0.15, 0.2) is 0 Å². The minimum Gasteiger partial charge on any atom is -0.324 e. The van der Waals surface area contributed by atoms with Crippen LogP contribution in [0.15, 0.2) is 54.7 Å². The molecular formula is C20H18F2N4O. The molecule has 3 rings (SSSR count). The number of benzene rings is 2. The summed E-state index contributed by atoms with van der Waals surface area (Å²) in [5, 5.41) is 5.39. The van der Waals surface area contributed by atoms with Crippen LogP contribution in [0.3, 0.4) is 0 Å². The maximum Gasteiger partial charge on any atom is 0.274 e. The Morgan fingerprint density at radius 1 is 1.04 bits per heavy atom. The number of carbonyl (C=O) groups excluding carboxylic acids is 1. The number of carbonyl (C=O) groups is 1. The van der Waals surface area contributed by atoms with Crippen molar-refractivity contribution >= 4 is 23.2 Å². The van der Waals surface area contributed by atoms with Crippen molar-refractivity contribution in [2.45, 2.75) is 19.8 Å². The number of nitrogens with one attached hydrogen (secondary N) is 2. The van der Waals surface area contributed by atoms with E-state index in [0.29, 0.717) is 12.0 Å². The second-order valence-corrected chi connectivity index (χ2v) is 6.25. The molecule has 0 aliphatic heterocycles. The van der Waals surface area contributed by atoms with Crippen molar-refractivity contribution < 1.29 is 13.6 Å². The monoisotopic (exact) mass is 368 g/mol. The van der Waals surface area contributed by atoms with Gasteiger partial charge in [-0.1, -0.05) is 26.0 Å². The first-order valence-corrected chi connectivity index (χ1v) is 8.39. The molecule has 0 radical (unpaired) electrons. The molecule has 3 aromatic rings. The van der Waals surface area contributed by atoms with Gasteiger partial charge in [-0.15, -0.1) is 0 Å². The summed E-state index contributed by atoms with van der Waals surface area (Å²) in [6.07, 6.45) is 1.42. The van der Waals surface area contributed by atoms with Crippen molar-refractivity contribution in [3.05, 3.63) is 77.6 Å². The summed E-state index contributed by atoms with van der Waals surface area (Å²) >= 11 is 0. The van der Waals surface area contributed by atoms with Gasteiger partial charge in [0.25, 0.3) is 5.91 Å². The largest absolute Gasteiger partial charge is 0.324 e. The molecule has 2 aromatic carbocycles. The van der Waals surface area contributed by atoms with Crippen LogP contribution in [0.4, 0.5) is 26.1 Å². The minimum atomic E-state index is -0.860. The smallest absolute Gasteiger partial charge is 0.274 e. The van der Waals surface area contributed by atoms with Gasteiger partial charge in [-0.05, 0) is 41.8 Å². The molecule has 0 bridgehead atoms. The van der Waals surface area contributed by atoms with E-state index < -0.39 is 17.5 Å². The molecule has 0 saturated heterocycles. The highest BCUT2D eigenvalue weighted by Crippen LogP contribution is 2.19. The van der Waals surface area contributed by atoms with Crippen LogP contribution in [0.25, 0.3) is 0 Å². The van der Waals surface area contributed by atoms with E-state index in [4.69, 9.17) is 0 Å². The number of hydrogen-bond acceptors (Lipinski definition) is 4. The first kappa shape index (κ1) is 18.4. The van der Waals surface area contributed by atoms with E-state index in [0.717, 1.165) is 17.8 Å². The Kier molecular flexibility index (Phi) is 5.40. The molecule has 1 amide bonds. The van der Waals surface area contributed by atoms with Crippen molar-refractivity contribution in [3.63, 3.8) is 0 Å². The minimum absolute atomic E-state index is 0.0509. The van der Waals surface area contributed by atoms with Crippen LogP contribution >= 0.6 is 0 Å². The summed E-state index contributed by atoms with van der Waals surface area (Å²) in [6, 6.07) is 12.1. The number of aromatic nitrogens is 2. The van der Waals surface area contributed by atoms with Crippen molar-refractivity contribution in [2.24, 2.45) is 0 Å². The van der Waals surface area contributed by atoms with E-state index in [2.05, 4.69) is 34.4 Å². The molecule has 0 atom stereocenters. The Morgan fingerprint density at radius 2 is 1.78 bits per heavy atom. The molecular weight excluding hydrogens is 350 g/mol. The van der Waals surface area contributed by atoms with Crippen LogP contribution in [0.1, 0.15) is 35.8 Å². The number of rotatable bonds is 5. The fourth-order valence-corrected chi connectivity index (χ4v) is 2.40. The normalized spacial score (nSPS) is 10.7. The predicted octanol–water partition coefficient (Wildman–Crippen LogP) is 4.87. The molecule has 5 nitrogen and oxygen atoms in total. The Bertz CT molecular complexity index is 958. The third-order valence-corrected chi connectivity index (χ3v) is 3.90. The third-order valence-electron chi connectivity index (χ3n) is 3.90. The lowest BCUT2D eigenvalue weighted by molar-refractivity contribution is 0.102. The molecule has 0 fully saturated rings. The average molecular weight is 368 g/mol. The highest BCUT2D eigenvalue weighted by atomic mass is 19.1. The van der Waals surface area contributed by atoms with E-state index in [1.165, 1.54) is 17.8 Å². The molecule has 138 valence electrons. The number of hydrogen-bond donors (Lipinski definition) is 2. The summed E-state index contributed by atoms with van der Waals surface area (Å²) < 4.78 is 26.6. The van der Waals surface area contributed by atoms with Crippen LogP contribution in [-0.4, -0.2) is 15.9 Å². The predicted molar refractivity (Wildman–Crippen MR) is 100 cm³/mol. The molecule has 0 aliphatic rings. The Labute approximate surface area is 155 Å². The van der Waals surface area contributed by atoms with Gasteiger partial charge < -0.3 is 10.6 Å². The standard InChI is InChI=1S/C20H18F2N4O/c1-12(2)13-3-6-15(7-4-13)24-20-23-10-9-18(26-20)19(27)25-17-8-5-14(21)11-16(17)22/h3-12H,1-2H3,(H,25,27)(H,23,24,26). The van der Waals surface area contributed by atoms with Gasteiger partial charge >= 0.3 is 0 Å². The second-order valence-electron chi connectivity index (χ2n) is 6.25. The number of anilines is 3. The maximum absolute atomic E-state index is 13.7. The quantitative estimate of drug-likeness (QED) is 0.674. The lowest BCUT2D eigenvalue weighted by atomic mass is 10.0. The van der Waals surface area contributed by atoms with E-state index in [9.17, 15) is 13.6 Å². The van der Waals surface area contributed by atoms with Crippen LogP contribution in [0, 0.1) is 11.6 Å². The summed E-state index contributed by atoms with van der Waals surface area (Å²) in [7, 11) is 0. The van der Waals surface area contributed by atoms with Gasteiger partial charge in [0.05, 0.1) is 5.69 Å². The van der Waals surface area contributed by atoms with E-state index >= 15 is 0 Å². The molecule has 27 heavy (non-hydrogen) atoms. The molecule has 2 N–H and O–H groups in total. The lowest BCUT2D eigenvalue weighted by Crippen LogP contribution is -2.15.